The van der Waals surface area contributed by atoms with Crippen molar-refractivity contribution in [1.29, 1.82) is 5.26 Å². The van der Waals surface area contributed by atoms with Gasteiger partial charge >= 0.3 is 5.97 Å². The molecule has 1 heterocycles. The smallest absolute Gasteiger partial charge is 0.342 e. The van der Waals surface area contributed by atoms with Gasteiger partial charge in [0.05, 0.1) is 11.6 Å². The molecule has 0 amide bonds. The van der Waals surface area contributed by atoms with E-state index in [4.69, 9.17) is 19.5 Å². The molecule has 5 heteroatoms. The fraction of sp³-hybridized carbons (Fsp3) is 0.300. The van der Waals surface area contributed by atoms with Crippen molar-refractivity contribution in [2.24, 2.45) is 0 Å². The first kappa shape index (κ1) is 16.8. The van der Waals surface area contributed by atoms with Gasteiger partial charge in [-0.1, -0.05) is 19.1 Å². The predicted molar refractivity (Wildman–Crippen MR) is 91.9 cm³/mol. The molecule has 2 aromatic rings. The van der Waals surface area contributed by atoms with Crippen molar-refractivity contribution in [3.8, 4) is 17.6 Å². The largest absolute Gasteiger partial charge is 0.490 e. The summed E-state index contributed by atoms with van der Waals surface area (Å²) in [6, 6.07) is 14.4. The zero-order valence-electron chi connectivity index (χ0n) is 14.2. The Morgan fingerprint density at radius 2 is 1.92 bits per heavy atom. The monoisotopic (exact) mass is 337 g/mol. The number of esters is 1. The lowest BCUT2D eigenvalue weighted by molar-refractivity contribution is 0.0445. The number of fused-ring (bicyclic) bond motifs is 1. The zero-order chi connectivity index (χ0) is 17.8. The van der Waals surface area contributed by atoms with Gasteiger partial charge in [0.1, 0.15) is 36.4 Å². The molecule has 0 saturated heterocycles. The van der Waals surface area contributed by atoms with Gasteiger partial charge in [0.2, 0.25) is 0 Å². The Balaban J connectivity index is 1.54. The van der Waals surface area contributed by atoms with Crippen molar-refractivity contribution >= 4 is 5.97 Å². The van der Waals surface area contributed by atoms with Crippen LogP contribution in [0.25, 0.3) is 0 Å². The molecule has 0 saturated carbocycles. The lowest BCUT2D eigenvalue weighted by atomic mass is 9.97. The van der Waals surface area contributed by atoms with E-state index in [0.29, 0.717) is 22.6 Å². The van der Waals surface area contributed by atoms with E-state index in [1.165, 1.54) is 0 Å². The van der Waals surface area contributed by atoms with E-state index in [1.807, 2.05) is 25.1 Å². The molecule has 2 unspecified atom stereocenters. The molecule has 1 aliphatic rings. The highest BCUT2D eigenvalue weighted by molar-refractivity contribution is 5.93. The van der Waals surface area contributed by atoms with Gasteiger partial charge in [0.15, 0.2) is 0 Å². The number of nitrogens with zero attached hydrogens (tertiary/aromatic N) is 1. The van der Waals surface area contributed by atoms with Crippen molar-refractivity contribution in [2.45, 2.75) is 25.9 Å². The first-order valence-electron chi connectivity index (χ1n) is 8.20. The summed E-state index contributed by atoms with van der Waals surface area (Å²) in [6.45, 7) is 4.44. The van der Waals surface area contributed by atoms with Gasteiger partial charge < -0.3 is 14.2 Å². The maximum absolute atomic E-state index is 12.3. The van der Waals surface area contributed by atoms with E-state index in [2.05, 4.69) is 6.92 Å². The van der Waals surface area contributed by atoms with E-state index in [0.717, 1.165) is 5.56 Å². The molecule has 5 nitrogen and oxygen atoms in total. The fourth-order valence-corrected chi connectivity index (χ4v) is 2.74. The molecule has 3 rings (SSSR count). The summed E-state index contributed by atoms with van der Waals surface area (Å²) in [6.07, 6.45) is 0.0451. The first-order chi connectivity index (χ1) is 12.1. The average Bonchev–Trinajstić information content (AvgIpc) is 2.93. The third kappa shape index (κ3) is 3.58. The summed E-state index contributed by atoms with van der Waals surface area (Å²) in [5.41, 5.74) is 2.06. The van der Waals surface area contributed by atoms with Crippen LogP contribution in [0.5, 0.6) is 11.5 Å². The van der Waals surface area contributed by atoms with Crippen molar-refractivity contribution < 1.29 is 19.0 Å². The Hall–Kier alpha value is -3.00. The minimum absolute atomic E-state index is 0.0451. The second-order valence-electron chi connectivity index (χ2n) is 5.96. The van der Waals surface area contributed by atoms with Crippen LogP contribution in [0.2, 0.25) is 0 Å². The van der Waals surface area contributed by atoms with E-state index in [-0.39, 0.29) is 25.2 Å². The van der Waals surface area contributed by atoms with Crippen LogP contribution in [0, 0.1) is 11.3 Å². The van der Waals surface area contributed by atoms with Gasteiger partial charge in [0, 0.05) is 11.5 Å². The lowest BCUT2D eigenvalue weighted by Crippen LogP contribution is -2.14. The van der Waals surface area contributed by atoms with Gasteiger partial charge in [-0.25, -0.2) is 4.79 Å². The molecular formula is C20H19NO4. The molecular weight excluding hydrogens is 318 g/mol. The summed E-state index contributed by atoms with van der Waals surface area (Å²) in [4.78, 5) is 12.3. The minimum Gasteiger partial charge on any atom is -0.490 e. The summed E-state index contributed by atoms with van der Waals surface area (Å²) >= 11 is 0. The molecule has 0 spiro atoms. The summed E-state index contributed by atoms with van der Waals surface area (Å²) in [7, 11) is 0. The molecule has 0 aliphatic carbocycles. The quantitative estimate of drug-likeness (QED) is 0.615. The summed E-state index contributed by atoms with van der Waals surface area (Å²) in [5.74, 6) is 1.09. The molecule has 0 fully saturated rings. The molecule has 128 valence electrons. The van der Waals surface area contributed by atoms with Crippen LogP contribution in [0.4, 0.5) is 0 Å². The number of benzene rings is 2. The normalized spacial score (nSPS) is 18.0. The van der Waals surface area contributed by atoms with Crippen LogP contribution in [0.3, 0.4) is 0 Å². The fourth-order valence-electron chi connectivity index (χ4n) is 2.74. The van der Waals surface area contributed by atoms with Crippen molar-refractivity contribution in [1.82, 2.24) is 0 Å². The maximum Gasteiger partial charge on any atom is 0.342 e. The Bertz CT molecular complexity index is 807. The second kappa shape index (κ2) is 7.27. The number of nitriles is 1. The molecule has 2 aromatic carbocycles. The Kier molecular flexibility index (Phi) is 4.90. The number of hydrogen-bond donors (Lipinski definition) is 0. The van der Waals surface area contributed by atoms with Crippen LogP contribution in [0.15, 0.2) is 42.5 Å². The summed E-state index contributed by atoms with van der Waals surface area (Å²) < 4.78 is 16.6. The second-order valence-corrected chi connectivity index (χ2v) is 5.96. The molecule has 0 bridgehead atoms. The lowest BCUT2D eigenvalue weighted by Gasteiger charge is -2.10. The number of rotatable bonds is 5. The average molecular weight is 337 g/mol. The van der Waals surface area contributed by atoms with Gasteiger partial charge in [-0.15, -0.1) is 0 Å². The number of ether oxygens (including phenoxy) is 3. The third-order valence-corrected chi connectivity index (χ3v) is 4.33. The first-order valence-corrected chi connectivity index (χ1v) is 8.20. The van der Waals surface area contributed by atoms with Gasteiger partial charge in [-0.2, -0.15) is 5.26 Å². The van der Waals surface area contributed by atoms with E-state index in [1.54, 1.807) is 30.3 Å². The molecule has 0 radical (unpaired) electrons. The van der Waals surface area contributed by atoms with Crippen molar-refractivity contribution in [2.75, 3.05) is 13.2 Å². The summed E-state index contributed by atoms with van der Waals surface area (Å²) in [5, 5.41) is 8.75. The number of carbonyl (C=O) groups excluding carboxylic acids is 1. The highest BCUT2D eigenvalue weighted by Gasteiger charge is 2.31. The Morgan fingerprint density at radius 3 is 2.64 bits per heavy atom. The topological polar surface area (TPSA) is 68.6 Å². The Morgan fingerprint density at radius 1 is 1.16 bits per heavy atom. The maximum atomic E-state index is 12.3. The van der Waals surface area contributed by atoms with Gasteiger partial charge in [-0.05, 0) is 37.3 Å². The van der Waals surface area contributed by atoms with Crippen molar-refractivity contribution in [3.63, 3.8) is 0 Å². The molecule has 1 aliphatic heterocycles. The van der Waals surface area contributed by atoms with Crippen molar-refractivity contribution in [3.05, 3.63) is 59.2 Å². The van der Waals surface area contributed by atoms with Crippen LogP contribution in [-0.2, 0) is 4.74 Å². The highest BCUT2D eigenvalue weighted by Crippen LogP contribution is 2.40. The highest BCUT2D eigenvalue weighted by atomic mass is 16.6. The van der Waals surface area contributed by atoms with Crippen LogP contribution in [-0.4, -0.2) is 25.3 Å². The molecule has 0 aromatic heterocycles. The van der Waals surface area contributed by atoms with E-state index < -0.39 is 5.97 Å². The van der Waals surface area contributed by atoms with Crippen LogP contribution in [0.1, 0.15) is 41.3 Å². The van der Waals surface area contributed by atoms with E-state index >= 15 is 0 Å². The van der Waals surface area contributed by atoms with Gasteiger partial charge in [-0.3, -0.25) is 0 Å². The number of hydrogen-bond acceptors (Lipinski definition) is 5. The number of para-hydroxylation sites is 1. The molecule has 0 N–H and O–H groups in total. The SMILES string of the molecule is CC1Oc2c(C(=O)OCCOc3ccc(C#N)cc3)cccc2C1C. The van der Waals surface area contributed by atoms with Gasteiger partial charge in [0.25, 0.3) is 0 Å². The Labute approximate surface area is 146 Å². The van der Waals surface area contributed by atoms with E-state index in [9.17, 15) is 4.79 Å². The molecule has 2 atom stereocenters. The van der Waals surface area contributed by atoms with Crippen LogP contribution >= 0.6 is 0 Å². The minimum atomic E-state index is -0.415. The third-order valence-electron chi connectivity index (χ3n) is 4.33. The predicted octanol–water partition coefficient (Wildman–Crippen LogP) is 3.68. The molecule has 25 heavy (non-hydrogen) atoms. The zero-order valence-corrected chi connectivity index (χ0v) is 14.2. The van der Waals surface area contributed by atoms with Crippen LogP contribution < -0.4 is 9.47 Å². The standard InChI is InChI=1S/C20H19NO4/c1-13-14(2)25-19-17(13)4-3-5-18(19)20(22)24-11-10-23-16-8-6-15(12-21)7-9-16/h3-9,13-14H,10-11H2,1-2H3. The number of carbonyl (C=O) groups is 1.